The van der Waals surface area contributed by atoms with Crippen molar-refractivity contribution >= 4 is 5.91 Å². The number of rotatable bonds is 4. The molecule has 5 heteroatoms. The molecule has 1 amide bonds. The number of hydrogen-bond acceptors (Lipinski definition) is 4. The summed E-state index contributed by atoms with van der Waals surface area (Å²) in [6.07, 6.45) is 0. The van der Waals surface area contributed by atoms with Crippen molar-refractivity contribution < 1.29 is 14.3 Å². The van der Waals surface area contributed by atoms with Gasteiger partial charge in [0, 0.05) is 38.3 Å². The van der Waals surface area contributed by atoms with E-state index in [2.05, 4.69) is 23.1 Å². The van der Waals surface area contributed by atoms with Gasteiger partial charge in [0.15, 0.2) is 11.5 Å². The van der Waals surface area contributed by atoms with Crippen molar-refractivity contribution in [2.24, 2.45) is 0 Å². The zero-order valence-electron chi connectivity index (χ0n) is 16.8. The summed E-state index contributed by atoms with van der Waals surface area (Å²) in [6, 6.07) is 24.2. The predicted octanol–water partition coefficient (Wildman–Crippen LogP) is 4.04. The quantitative estimate of drug-likeness (QED) is 0.663. The van der Waals surface area contributed by atoms with E-state index in [1.54, 1.807) is 0 Å². The minimum atomic E-state index is 0.109. The third-order valence-electron chi connectivity index (χ3n) is 5.74. The van der Waals surface area contributed by atoms with E-state index in [1.807, 2.05) is 59.5 Å². The van der Waals surface area contributed by atoms with E-state index in [4.69, 9.17) is 9.47 Å². The fraction of sp³-hybridized carbons (Fsp3) is 0.240. The van der Waals surface area contributed by atoms with Gasteiger partial charge < -0.3 is 14.4 Å². The van der Waals surface area contributed by atoms with E-state index in [-0.39, 0.29) is 5.91 Å². The van der Waals surface area contributed by atoms with Gasteiger partial charge in [0.25, 0.3) is 5.91 Å². The summed E-state index contributed by atoms with van der Waals surface area (Å²) in [5.41, 5.74) is 4.24. The first-order chi connectivity index (χ1) is 14.8. The van der Waals surface area contributed by atoms with E-state index in [1.165, 1.54) is 5.56 Å². The number of carbonyl (C=O) groups excluding carboxylic acids is 1. The molecule has 0 atom stereocenters. The maximum absolute atomic E-state index is 12.9. The van der Waals surface area contributed by atoms with E-state index in [9.17, 15) is 4.79 Å². The van der Waals surface area contributed by atoms with Gasteiger partial charge in [-0.05, 0) is 41.0 Å². The molecule has 3 aromatic rings. The smallest absolute Gasteiger partial charge is 0.253 e. The standard InChI is InChI=1S/C25H24N2O3/c28-25(22-9-7-21(8-10-22)20-4-2-1-3-5-20)27-14-12-26(13-15-27)17-19-6-11-23-24(16-19)30-18-29-23/h1-11,16H,12-15,17-18H2. The van der Waals surface area contributed by atoms with Gasteiger partial charge in [-0.2, -0.15) is 0 Å². The van der Waals surface area contributed by atoms with Crippen molar-refractivity contribution in [3.05, 3.63) is 83.9 Å². The molecule has 3 aromatic carbocycles. The Balaban J connectivity index is 1.18. The molecular formula is C25H24N2O3. The van der Waals surface area contributed by atoms with Crippen molar-refractivity contribution in [1.29, 1.82) is 0 Å². The molecular weight excluding hydrogens is 376 g/mol. The van der Waals surface area contributed by atoms with Crippen molar-refractivity contribution in [3.8, 4) is 22.6 Å². The summed E-state index contributed by atoms with van der Waals surface area (Å²) in [6.45, 7) is 4.36. The van der Waals surface area contributed by atoms with E-state index in [0.29, 0.717) is 6.79 Å². The molecule has 0 aliphatic carbocycles. The van der Waals surface area contributed by atoms with Crippen molar-refractivity contribution in [2.75, 3.05) is 33.0 Å². The maximum Gasteiger partial charge on any atom is 0.253 e. The van der Waals surface area contributed by atoms with Crippen LogP contribution in [0.15, 0.2) is 72.8 Å². The largest absolute Gasteiger partial charge is 0.454 e. The Morgan fingerprint density at radius 3 is 2.23 bits per heavy atom. The molecule has 2 aliphatic heterocycles. The maximum atomic E-state index is 12.9. The SMILES string of the molecule is O=C(c1ccc(-c2ccccc2)cc1)N1CCN(Cc2ccc3c(c2)OCO3)CC1. The summed E-state index contributed by atoms with van der Waals surface area (Å²) in [5.74, 6) is 1.74. The van der Waals surface area contributed by atoms with Gasteiger partial charge >= 0.3 is 0 Å². The molecule has 1 saturated heterocycles. The highest BCUT2D eigenvalue weighted by atomic mass is 16.7. The van der Waals surface area contributed by atoms with Gasteiger partial charge in [-0.3, -0.25) is 9.69 Å². The molecule has 0 unspecified atom stereocenters. The molecule has 5 nitrogen and oxygen atoms in total. The monoisotopic (exact) mass is 400 g/mol. The van der Waals surface area contributed by atoms with Crippen LogP contribution in [0.3, 0.4) is 0 Å². The number of nitrogens with zero attached hydrogens (tertiary/aromatic N) is 2. The Morgan fingerprint density at radius 2 is 1.47 bits per heavy atom. The summed E-state index contributed by atoms with van der Waals surface area (Å²) >= 11 is 0. The fourth-order valence-corrected chi connectivity index (χ4v) is 4.03. The topological polar surface area (TPSA) is 42.0 Å². The molecule has 0 aromatic heterocycles. The molecule has 0 bridgehead atoms. The van der Waals surface area contributed by atoms with Gasteiger partial charge in [0.2, 0.25) is 6.79 Å². The van der Waals surface area contributed by atoms with Gasteiger partial charge in [-0.25, -0.2) is 0 Å². The van der Waals surface area contributed by atoms with Crippen molar-refractivity contribution in [3.63, 3.8) is 0 Å². The lowest BCUT2D eigenvalue weighted by Gasteiger charge is -2.34. The first-order valence-corrected chi connectivity index (χ1v) is 10.3. The highest BCUT2D eigenvalue weighted by molar-refractivity contribution is 5.94. The fourth-order valence-electron chi connectivity index (χ4n) is 4.03. The molecule has 2 aliphatic rings. The Bertz CT molecular complexity index is 1030. The van der Waals surface area contributed by atoms with Crippen LogP contribution >= 0.6 is 0 Å². The van der Waals surface area contributed by atoms with Gasteiger partial charge in [0.1, 0.15) is 0 Å². The number of hydrogen-bond donors (Lipinski definition) is 0. The third-order valence-corrected chi connectivity index (χ3v) is 5.74. The molecule has 0 saturated carbocycles. The minimum absolute atomic E-state index is 0.109. The summed E-state index contributed by atoms with van der Waals surface area (Å²) < 4.78 is 10.8. The Morgan fingerprint density at radius 1 is 0.767 bits per heavy atom. The molecule has 0 spiro atoms. The van der Waals surface area contributed by atoms with Crippen LogP contribution in [0, 0.1) is 0 Å². The predicted molar refractivity (Wildman–Crippen MR) is 116 cm³/mol. The van der Waals surface area contributed by atoms with E-state index in [0.717, 1.165) is 60.9 Å². The lowest BCUT2D eigenvalue weighted by molar-refractivity contribution is 0.0628. The zero-order valence-corrected chi connectivity index (χ0v) is 16.8. The van der Waals surface area contributed by atoms with E-state index >= 15 is 0 Å². The molecule has 30 heavy (non-hydrogen) atoms. The molecule has 5 rings (SSSR count). The summed E-state index contributed by atoms with van der Waals surface area (Å²) in [4.78, 5) is 17.2. The number of carbonyl (C=O) groups is 1. The van der Waals surface area contributed by atoms with Crippen LogP contribution in [0.2, 0.25) is 0 Å². The molecule has 152 valence electrons. The number of ether oxygens (including phenoxy) is 2. The molecule has 0 N–H and O–H groups in total. The van der Waals surface area contributed by atoms with E-state index < -0.39 is 0 Å². The normalized spacial score (nSPS) is 15.9. The first kappa shape index (κ1) is 18.7. The number of fused-ring (bicyclic) bond motifs is 1. The lowest BCUT2D eigenvalue weighted by Crippen LogP contribution is -2.48. The molecule has 2 heterocycles. The summed E-state index contributed by atoms with van der Waals surface area (Å²) in [7, 11) is 0. The average Bonchev–Trinajstić information content (AvgIpc) is 3.28. The zero-order chi connectivity index (χ0) is 20.3. The van der Waals surface area contributed by atoms with Crippen LogP contribution in [-0.4, -0.2) is 48.7 Å². The number of benzene rings is 3. The second kappa shape index (κ2) is 8.20. The molecule has 1 fully saturated rings. The van der Waals surface area contributed by atoms with Crippen LogP contribution in [0.4, 0.5) is 0 Å². The van der Waals surface area contributed by atoms with Crippen LogP contribution in [-0.2, 0) is 6.54 Å². The Kier molecular flexibility index (Phi) is 5.11. The van der Waals surface area contributed by atoms with Gasteiger partial charge in [-0.15, -0.1) is 0 Å². The minimum Gasteiger partial charge on any atom is -0.454 e. The van der Waals surface area contributed by atoms with Crippen molar-refractivity contribution in [2.45, 2.75) is 6.54 Å². The number of amides is 1. The highest BCUT2D eigenvalue weighted by Crippen LogP contribution is 2.32. The van der Waals surface area contributed by atoms with Gasteiger partial charge in [0.05, 0.1) is 0 Å². The Labute approximate surface area is 176 Å². The van der Waals surface area contributed by atoms with Crippen LogP contribution in [0.25, 0.3) is 11.1 Å². The van der Waals surface area contributed by atoms with Crippen LogP contribution < -0.4 is 9.47 Å². The van der Waals surface area contributed by atoms with Crippen LogP contribution in [0.1, 0.15) is 15.9 Å². The Hall–Kier alpha value is -3.31. The number of piperazine rings is 1. The third kappa shape index (κ3) is 3.89. The highest BCUT2D eigenvalue weighted by Gasteiger charge is 2.23. The van der Waals surface area contributed by atoms with Crippen LogP contribution in [0.5, 0.6) is 11.5 Å². The first-order valence-electron chi connectivity index (χ1n) is 10.3. The molecule has 0 radical (unpaired) electrons. The summed E-state index contributed by atoms with van der Waals surface area (Å²) in [5, 5.41) is 0. The average molecular weight is 400 g/mol. The van der Waals surface area contributed by atoms with Gasteiger partial charge in [-0.1, -0.05) is 48.5 Å². The second-order valence-corrected chi connectivity index (χ2v) is 7.70. The second-order valence-electron chi connectivity index (χ2n) is 7.70. The van der Waals surface area contributed by atoms with Crippen molar-refractivity contribution in [1.82, 2.24) is 9.80 Å². The lowest BCUT2D eigenvalue weighted by atomic mass is 10.0.